The van der Waals surface area contributed by atoms with E-state index < -0.39 is 0 Å². The summed E-state index contributed by atoms with van der Waals surface area (Å²) >= 11 is 7.12. The molecular formula is C27H33ClN7O3S+. The first-order valence-electron chi connectivity index (χ1n) is 12.5. The Hall–Kier alpha value is -3.51. The molecular weight excluding hydrogens is 538 g/mol. The molecule has 0 bridgehead atoms. The highest BCUT2D eigenvalue weighted by Crippen LogP contribution is 2.21. The Balaban J connectivity index is 1.37. The fraction of sp³-hybridized carbons (Fsp3) is 0.333. The SMILES string of the molecule is CN(C)CC[N+](C)(C)CCOc1cccn(-c2ccc(-n3cc(CNC(=O)c4ccc(Cl)s4)nn3)cc2)c1=O. The molecule has 0 fully saturated rings. The lowest BCUT2D eigenvalue weighted by molar-refractivity contribution is -0.889. The molecule has 0 saturated carbocycles. The number of benzene rings is 1. The fourth-order valence-corrected chi connectivity index (χ4v) is 4.70. The van der Waals surface area contributed by atoms with Crippen molar-refractivity contribution in [1.29, 1.82) is 0 Å². The lowest BCUT2D eigenvalue weighted by atomic mass is 10.2. The van der Waals surface area contributed by atoms with Crippen LogP contribution in [0.1, 0.15) is 15.4 Å². The van der Waals surface area contributed by atoms with Crippen molar-refractivity contribution < 1.29 is 14.0 Å². The number of amides is 1. The van der Waals surface area contributed by atoms with E-state index in [9.17, 15) is 9.59 Å². The minimum absolute atomic E-state index is 0.213. The molecule has 1 amide bonds. The van der Waals surface area contributed by atoms with Crippen LogP contribution in [0.4, 0.5) is 0 Å². The molecule has 39 heavy (non-hydrogen) atoms. The van der Waals surface area contributed by atoms with Crippen LogP contribution in [0, 0.1) is 0 Å². The Kier molecular flexibility index (Phi) is 9.18. The van der Waals surface area contributed by atoms with Crippen LogP contribution >= 0.6 is 22.9 Å². The van der Waals surface area contributed by atoms with Crippen molar-refractivity contribution in [3.63, 3.8) is 0 Å². The number of hydrogen-bond donors (Lipinski definition) is 1. The number of nitrogens with zero attached hydrogens (tertiary/aromatic N) is 6. The highest BCUT2D eigenvalue weighted by Gasteiger charge is 2.16. The molecule has 4 rings (SSSR count). The maximum Gasteiger partial charge on any atom is 0.297 e. The number of thiophene rings is 1. The Morgan fingerprint density at radius 3 is 2.54 bits per heavy atom. The van der Waals surface area contributed by atoms with Crippen molar-refractivity contribution in [1.82, 2.24) is 29.8 Å². The third-order valence-electron chi connectivity index (χ3n) is 6.18. The van der Waals surface area contributed by atoms with Crippen molar-refractivity contribution in [2.75, 3.05) is 54.4 Å². The molecule has 12 heteroatoms. The van der Waals surface area contributed by atoms with Crippen LogP contribution in [0.15, 0.2) is 65.7 Å². The van der Waals surface area contributed by atoms with Crippen LogP contribution in [0.25, 0.3) is 11.4 Å². The number of halogens is 1. The van der Waals surface area contributed by atoms with Crippen molar-refractivity contribution in [2.24, 2.45) is 0 Å². The van der Waals surface area contributed by atoms with Gasteiger partial charge < -0.3 is 19.4 Å². The lowest BCUT2D eigenvalue weighted by Crippen LogP contribution is -2.46. The van der Waals surface area contributed by atoms with Gasteiger partial charge >= 0.3 is 0 Å². The number of carbonyl (C=O) groups excluding carboxylic acids is 1. The van der Waals surface area contributed by atoms with Crippen LogP contribution in [0.2, 0.25) is 4.34 Å². The highest BCUT2D eigenvalue weighted by molar-refractivity contribution is 7.17. The zero-order chi connectivity index (χ0) is 28.0. The van der Waals surface area contributed by atoms with Crippen LogP contribution in [0.3, 0.4) is 0 Å². The first kappa shape index (κ1) is 28.5. The van der Waals surface area contributed by atoms with Gasteiger partial charge in [0.25, 0.3) is 11.5 Å². The van der Waals surface area contributed by atoms with E-state index in [-0.39, 0.29) is 18.0 Å². The third-order valence-corrected chi connectivity index (χ3v) is 7.41. The van der Waals surface area contributed by atoms with E-state index in [1.54, 1.807) is 45.9 Å². The average Bonchev–Trinajstić information content (AvgIpc) is 3.57. The molecule has 0 aliphatic carbocycles. The monoisotopic (exact) mass is 570 g/mol. The molecule has 1 aromatic carbocycles. The Morgan fingerprint density at radius 2 is 1.85 bits per heavy atom. The molecule has 4 aromatic rings. The fourth-order valence-electron chi connectivity index (χ4n) is 3.74. The van der Waals surface area contributed by atoms with Crippen LogP contribution < -0.4 is 15.6 Å². The molecule has 0 radical (unpaired) electrons. The summed E-state index contributed by atoms with van der Waals surface area (Å²) < 4.78 is 10.4. The number of nitrogens with one attached hydrogen (secondary N) is 1. The second-order valence-electron chi connectivity index (χ2n) is 10.0. The predicted octanol–water partition coefficient (Wildman–Crippen LogP) is 3.08. The van der Waals surface area contributed by atoms with Crippen molar-refractivity contribution >= 4 is 28.8 Å². The molecule has 0 spiro atoms. The molecule has 10 nitrogen and oxygen atoms in total. The van der Waals surface area contributed by atoms with Crippen LogP contribution in [-0.4, -0.2) is 89.3 Å². The summed E-state index contributed by atoms with van der Waals surface area (Å²) in [5.74, 6) is 0.108. The molecule has 0 atom stereocenters. The van der Waals surface area contributed by atoms with Crippen molar-refractivity contribution in [2.45, 2.75) is 6.54 Å². The number of pyridine rings is 1. The number of quaternary nitrogens is 1. The number of aromatic nitrogens is 4. The zero-order valence-electron chi connectivity index (χ0n) is 22.5. The topological polar surface area (TPSA) is 94.3 Å². The molecule has 0 unspecified atom stereocenters. The Bertz CT molecular complexity index is 1460. The maximum absolute atomic E-state index is 13.1. The normalized spacial score (nSPS) is 11.6. The summed E-state index contributed by atoms with van der Waals surface area (Å²) in [6.45, 7) is 3.46. The number of rotatable bonds is 12. The van der Waals surface area contributed by atoms with Gasteiger partial charge in [-0.1, -0.05) is 16.8 Å². The average molecular weight is 571 g/mol. The molecule has 1 N–H and O–H groups in total. The minimum atomic E-state index is -0.213. The number of likely N-dealkylation sites (N-methyl/N-ethyl adjacent to an activating group) is 2. The first-order valence-corrected chi connectivity index (χ1v) is 13.7. The Morgan fingerprint density at radius 1 is 1.10 bits per heavy atom. The van der Waals surface area contributed by atoms with E-state index in [0.29, 0.717) is 33.0 Å². The van der Waals surface area contributed by atoms with Gasteiger partial charge in [-0.15, -0.1) is 16.4 Å². The predicted molar refractivity (Wildman–Crippen MR) is 153 cm³/mol. The molecule has 3 heterocycles. The van der Waals surface area contributed by atoms with Crippen molar-refractivity contribution in [3.05, 3.63) is 86.2 Å². The summed E-state index contributed by atoms with van der Waals surface area (Å²) in [5, 5.41) is 11.1. The van der Waals surface area contributed by atoms with E-state index in [1.807, 2.05) is 24.3 Å². The van der Waals surface area contributed by atoms with E-state index >= 15 is 0 Å². The number of ether oxygens (including phenoxy) is 1. The van der Waals surface area contributed by atoms with Gasteiger partial charge in [-0.2, -0.15) is 0 Å². The zero-order valence-corrected chi connectivity index (χ0v) is 24.1. The number of carbonyl (C=O) groups is 1. The van der Waals surface area contributed by atoms with Gasteiger partial charge in [0.2, 0.25) is 0 Å². The van der Waals surface area contributed by atoms with Gasteiger partial charge in [-0.05, 0) is 62.6 Å². The highest BCUT2D eigenvalue weighted by atomic mass is 35.5. The summed E-state index contributed by atoms with van der Waals surface area (Å²) in [4.78, 5) is 28.0. The second-order valence-corrected chi connectivity index (χ2v) is 11.8. The molecule has 206 valence electrons. The van der Waals surface area contributed by atoms with Gasteiger partial charge in [-0.3, -0.25) is 14.2 Å². The largest absolute Gasteiger partial charge is 0.482 e. The van der Waals surface area contributed by atoms with E-state index in [0.717, 1.165) is 29.8 Å². The quantitative estimate of drug-likeness (QED) is 0.263. The van der Waals surface area contributed by atoms with E-state index in [1.165, 1.54) is 11.3 Å². The summed E-state index contributed by atoms with van der Waals surface area (Å²) in [5.41, 5.74) is 1.87. The second kappa shape index (κ2) is 12.6. The summed E-state index contributed by atoms with van der Waals surface area (Å²) in [6.07, 6.45) is 3.47. The van der Waals surface area contributed by atoms with Gasteiger partial charge in [-0.25, -0.2) is 4.68 Å². The third kappa shape index (κ3) is 7.76. The molecule has 0 aliphatic rings. The summed E-state index contributed by atoms with van der Waals surface area (Å²) in [7, 11) is 8.44. The smallest absolute Gasteiger partial charge is 0.297 e. The van der Waals surface area contributed by atoms with Gasteiger partial charge in [0, 0.05) is 18.4 Å². The standard InChI is InChI=1S/C27H32ClN7O3S/c1-32(2)14-15-35(3,4)16-17-38-23-6-5-13-33(27(23)37)21-7-9-22(10-8-21)34-19-20(30-31-34)18-29-26(36)24-11-12-25(28)39-24/h5-13,19H,14-18H2,1-4H3/p+1. The van der Waals surface area contributed by atoms with E-state index in [2.05, 4.69) is 48.7 Å². The van der Waals surface area contributed by atoms with Crippen LogP contribution in [-0.2, 0) is 6.54 Å². The molecule has 3 aromatic heterocycles. The lowest BCUT2D eigenvalue weighted by Gasteiger charge is -2.30. The van der Waals surface area contributed by atoms with Gasteiger partial charge in [0.15, 0.2) is 5.75 Å². The van der Waals surface area contributed by atoms with Crippen molar-refractivity contribution in [3.8, 4) is 17.1 Å². The number of hydrogen-bond acceptors (Lipinski definition) is 7. The minimum Gasteiger partial charge on any atom is -0.482 e. The van der Waals surface area contributed by atoms with Crippen LogP contribution in [0.5, 0.6) is 5.75 Å². The molecule has 0 aliphatic heterocycles. The van der Waals surface area contributed by atoms with Gasteiger partial charge in [0.05, 0.1) is 48.3 Å². The maximum atomic E-state index is 13.1. The molecule has 0 saturated heterocycles. The first-order chi connectivity index (χ1) is 18.6. The summed E-state index contributed by atoms with van der Waals surface area (Å²) in [6, 6.07) is 14.3. The van der Waals surface area contributed by atoms with Gasteiger partial charge in [0.1, 0.15) is 18.8 Å². The Labute approximate surface area is 236 Å². The van der Waals surface area contributed by atoms with E-state index in [4.69, 9.17) is 16.3 Å².